The molecule has 0 bridgehead atoms. The van der Waals surface area contributed by atoms with E-state index in [1.165, 1.54) is 0 Å². The van der Waals surface area contributed by atoms with Crippen LogP contribution in [0.3, 0.4) is 0 Å². The van der Waals surface area contributed by atoms with E-state index in [0.29, 0.717) is 12.0 Å². The normalized spacial score (nSPS) is 13.6. The first kappa shape index (κ1) is 15.2. The van der Waals surface area contributed by atoms with Crippen LogP contribution in [0.25, 0.3) is 0 Å². The highest BCUT2D eigenvalue weighted by Crippen LogP contribution is 2.06. The van der Waals surface area contributed by atoms with E-state index in [0.717, 1.165) is 6.61 Å². The number of hydrogen-bond acceptors (Lipinski definition) is 1. The zero-order chi connectivity index (χ0) is 11.1. The molecule has 0 aliphatic rings. The SMILES string of the molecule is COCC([NH3+])C(C)C.F[B-](F)(F)F. The van der Waals surface area contributed by atoms with Crippen molar-refractivity contribution in [3.63, 3.8) is 0 Å². The summed E-state index contributed by atoms with van der Waals surface area (Å²) in [6, 6.07) is 0.444. The van der Waals surface area contributed by atoms with E-state index in [1.54, 1.807) is 7.11 Å². The van der Waals surface area contributed by atoms with E-state index in [4.69, 9.17) is 4.74 Å². The van der Waals surface area contributed by atoms with Crippen molar-refractivity contribution in [2.24, 2.45) is 5.92 Å². The molecule has 3 N–H and O–H groups in total. The Kier molecular flexibility index (Phi) is 8.34. The first-order valence-electron chi connectivity index (χ1n) is 3.87. The summed E-state index contributed by atoms with van der Waals surface area (Å²) in [5.41, 5.74) is 3.90. The van der Waals surface area contributed by atoms with Gasteiger partial charge in [0.25, 0.3) is 0 Å². The molecule has 0 saturated heterocycles. The molecule has 0 radical (unpaired) electrons. The summed E-state index contributed by atoms with van der Waals surface area (Å²) in [5, 5.41) is 0. The maximum Gasteiger partial charge on any atom is 0.673 e. The topological polar surface area (TPSA) is 36.9 Å². The summed E-state index contributed by atoms with van der Waals surface area (Å²) < 4.78 is 43.9. The van der Waals surface area contributed by atoms with Crippen molar-refractivity contribution >= 4 is 7.25 Å². The highest BCUT2D eigenvalue weighted by molar-refractivity contribution is 6.50. The predicted molar refractivity (Wildman–Crippen MR) is 43.6 cm³/mol. The van der Waals surface area contributed by atoms with Crippen LogP contribution in [-0.2, 0) is 4.74 Å². The molecule has 0 heterocycles. The second-order valence-electron chi connectivity index (χ2n) is 2.95. The van der Waals surface area contributed by atoms with Gasteiger partial charge in [-0.3, -0.25) is 0 Å². The van der Waals surface area contributed by atoms with Gasteiger partial charge in [0.05, 0.1) is 6.61 Å². The molecule has 2 nitrogen and oxygen atoms in total. The Balaban J connectivity index is 0. The highest BCUT2D eigenvalue weighted by atomic mass is 19.5. The molecule has 13 heavy (non-hydrogen) atoms. The third-order valence-electron chi connectivity index (χ3n) is 1.32. The molecule has 0 aromatic heterocycles. The zero-order valence-electron chi connectivity index (χ0n) is 8.07. The lowest BCUT2D eigenvalue weighted by atomic mass is 10.1. The molecule has 0 aliphatic heterocycles. The lowest BCUT2D eigenvalue weighted by molar-refractivity contribution is -0.437. The van der Waals surface area contributed by atoms with Crippen LogP contribution in [0.4, 0.5) is 17.3 Å². The standard InChI is InChI=1S/C6H15NO.BF4/c1-5(2)6(7)4-8-3;2-1(3,4)5/h5-6H,4,7H2,1-3H3;/q;-1/p+1. The molecule has 82 valence electrons. The smallest absolute Gasteiger partial charge is 0.418 e. The van der Waals surface area contributed by atoms with Gasteiger partial charge in [-0.1, -0.05) is 13.8 Å². The molecule has 1 unspecified atom stereocenters. The second kappa shape index (κ2) is 7.14. The van der Waals surface area contributed by atoms with Gasteiger partial charge >= 0.3 is 7.25 Å². The van der Waals surface area contributed by atoms with Gasteiger partial charge in [0.15, 0.2) is 0 Å². The van der Waals surface area contributed by atoms with Crippen molar-refractivity contribution in [1.29, 1.82) is 0 Å². The van der Waals surface area contributed by atoms with E-state index in [9.17, 15) is 17.3 Å². The third kappa shape index (κ3) is 24.5. The van der Waals surface area contributed by atoms with E-state index in [2.05, 4.69) is 19.6 Å². The van der Waals surface area contributed by atoms with Gasteiger partial charge in [0, 0.05) is 13.0 Å². The minimum atomic E-state index is -6.00. The number of halogens is 4. The highest BCUT2D eigenvalue weighted by Gasteiger charge is 2.20. The number of ether oxygens (including phenoxy) is 1. The summed E-state index contributed by atoms with van der Waals surface area (Å²) in [6.07, 6.45) is 0. The molecule has 0 aliphatic carbocycles. The minimum Gasteiger partial charge on any atom is -0.418 e. The second-order valence-corrected chi connectivity index (χ2v) is 2.95. The van der Waals surface area contributed by atoms with Gasteiger partial charge in [-0.25, -0.2) is 0 Å². The van der Waals surface area contributed by atoms with Crippen molar-refractivity contribution in [1.82, 2.24) is 0 Å². The molecule has 0 amide bonds. The van der Waals surface area contributed by atoms with Crippen molar-refractivity contribution < 1.29 is 27.7 Å². The molecule has 0 aromatic rings. The van der Waals surface area contributed by atoms with E-state index in [1.807, 2.05) is 0 Å². The van der Waals surface area contributed by atoms with Gasteiger partial charge in [0.1, 0.15) is 6.04 Å². The molecule has 0 fully saturated rings. The van der Waals surface area contributed by atoms with Crippen LogP contribution >= 0.6 is 0 Å². The largest absolute Gasteiger partial charge is 0.673 e. The van der Waals surface area contributed by atoms with Crippen molar-refractivity contribution in [3.05, 3.63) is 0 Å². The Bertz CT molecular complexity index is 114. The lowest BCUT2D eigenvalue weighted by Crippen LogP contribution is -2.65. The van der Waals surface area contributed by atoms with Crippen LogP contribution in [-0.4, -0.2) is 27.0 Å². The molecule has 0 saturated carbocycles. The molecule has 0 aromatic carbocycles. The molecular formula is C6H16BF4NO. The molecular weight excluding hydrogens is 189 g/mol. The van der Waals surface area contributed by atoms with E-state index in [-0.39, 0.29) is 0 Å². The van der Waals surface area contributed by atoms with Gasteiger partial charge < -0.3 is 27.7 Å². The summed E-state index contributed by atoms with van der Waals surface area (Å²) in [4.78, 5) is 0. The summed E-state index contributed by atoms with van der Waals surface area (Å²) in [6.45, 7) is 5.07. The number of quaternary nitrogens is 1. The zero-order valence-corrected chi connectivity index (χ0v) is 8.07. The lowest BCUT2D eigenvalue weighted by Gasteiger charge is -2.09. The Labute approximate surface area is 75.5 Å². The van der Waals surface area contributed by atoms with Crippen LogP contribution in [0, 0.1) is 5.92 Å². The van der Waals surface area contributed by atoms with Crippen molar-refractivity contribution in [2.75, 3.05) is 13.7 Å². The fourth-order valence-electron chi connectivity index (χ4n) is 0.407. The van der Waals surface area contributed by atoms with E-state index >= 15 is 0 Å². The molecule has 7 heteroatoms. The molecule has 0 spiro atoms. The van der Waals surface area contributed by atoms with Gasteiger partial charge in [-0.2, -0.15) is 0 Å². The first-order valence-corrected chi connectivity index (χ1v) is 3.87. The van der Waals surface area contributed by atoms with Crippen LogP contribution in [0.1, 0.15) is 13.8 Å². The Morgan fingerprint density at radius 2 is 1.54 bits per heavy atom. The number of rotatable bonds is 3. The van der Waals surface area contributed by atoms with Gasteiger partial charge in [-0.05, 0) is 0 Å². The van der Waals surface area contributed by atoms with Crippen LogP contribution in [0.15, 0.2) is 0 Å². The minimum absolute atomic E-state index is 0.444. The molecule has 0 rings (SSSR count). The van der Waals surface area contributed by atoms with Gasteiger partial charge in [0.2, 0.25) is 0 Å². The van der Waals surface area contributed by atoms with Crippen LogP contribution in [0.2, 0.25) is 0 Å². The number of methoxy groups -OCH3 is 1. The predicted octanol–water partition coefficient (Wildman–Crippen LogP) is 1.20. The third-order valence-corrected chi connectivity index (χ3v) is 1.32. The van der Waals surface area contributed by atoms with E-state index < -0.39 is 7.25 Å². The summed E-state index contributed by atoms with van der Waals surface area (Å²) in [7, 11) is -4.29. The van der Waals surface area contributed by atoms with Gasteiger partial charge in [-0.15, -0.1) is 0 Å². The van der Waals surface area contributed by atoms with Crippen LogP contribution < -0.4 is 5.73 Å². The van der Waals surface area contributed by atoms with Crippen molar-refractivity contribution in [2.45, 2.75) is 19.9 Å². The average Bonchev–Trinajstić information content (AvgIpc) is 1.84. The van der Waals surface area contributed by atoms with Crippen molar-refractivity contribution in [3.8, 4) is 0 Å². The fraction of sp³-hybridized carbons (Fsp3) is 1.00. The Morgan fingerprint density at radius 1 is 1.23 bits per heavy atom. The first-order chi connectivity index (χ1) is 5.68. The average molecular weight is 205 g/mol. The molecule has 1 atom stereocenters. The summed E-state index contributed by atoms with van der Waals surface area (Å²) >= 11 is 0. The maximum absolute atomic E-state index is 9.75. The fourth-order valence-corrected chi connectivity index (χ4v) is 0.407. The quantitative estimate of drug-likeness (QED) is 0.545. The monoisotopic (exact) mass is 205 g/mol. The number of hydrogen-bond donors (Lipinski definition) is 1. The van der Waals surface area contributed by atoms with Crippen LogP contribution in [0.5, 0.6) is 0 Å². The Hall–Kier alpha value is -0.295. The summed E-state index contributed by atoms with van der Waals surface area (Å²) in [5.74, 6) is 0.634. The maximum atomic E-state index is 9.75. The Morgan fingerprint density at radius 3 is 1.62 bits per heavy atom.